The first kappa shape index (κ1) is 17.1. The predicted octanol–water partition coefficient (Wildman–Crippen LogP) is 4.10. The second-order valence-corrected chi connectivity index (χ2v) is 6.05. The number of halogens is 1. The molecule has 0 aliphatic heterocycles. The van der Waals surface area contributed by atoms with Gasteiger partial charge in [-0.05, 0) is 33.3 Å². The van der Waals surface area contributed by atoms with Crippen molar-refractivity contribution in [2.24, 2.45) is 0 Å². The third-order valence-corrected chi connectivity index (χ3v) is 3.64. The fourth-order valence-electron chi connectivity index (χ4n) is 2.31. The molecule has 4 nitrogen and oxygen atoms in total. The van der Waals surface area contributed by atoms with E-state index in [1.807, 2.05) is 37.3 Å². The van der Waals surface area contributed by atoms with Gasteiger partial charge >= 0.3 is 5.97 Å². The third-order valence-electron chi connectivity index (χ3n) is 3.37. The first-order valence-corrected chi connectivity index (χ1v) is 7.68. The molecule has 0 saturated heterocycles. The number of carbonyl (C=O) groups is 1. The maximum Gasteiger partial charge on any atom is 0.359 e. The fourth-order valence-corrected chi connectivity index (χ4v) is 2.51. The maximum absolute atomic E-state index is 12.5. The summed E-state index contributed by atoms with van der Waals surface area (Å²) in [5, 5.41) is 4.50. The summed E-state index contributed by atoms with van der Waals surface area (Å²) in [5.41, 5.74) is 0.364. The molecule has 0 bridgehead atoms. The topological polar surface area (TPSA) is 44.1 Å². The lowest BCUT2D eigenvalue weighted by atomic mass is 10.1. The molecule has 0 N–H and O–H groups in total. The van der Waals surface area contributed by atoms with E-state index in [1.165, 1.54) is 6.20 Å². The summed E-state index contributed by atoms with van der Waals surface area (Å²) in [7, 11) is 0. The number of rotatable bonds is 4. The van der Waals surface area contributed by atoms with Gasteiger partial charge in [-0.1, -0.05) is 47.9 Å². The van der Waals surface area contributed by atoms with Crippen molar-refractivity contribution < 1.29 is 9.53 Å². The minimum atomic E-state index is -0.889. The van der Waals surface area contributed by atoms with Crippen molar-refractivity contribution in [3.05, 3.63) is 52.8 Å². The summed E-state index contributed by atoms with van der Waals surface area (Å²) in [6.07, 6.45) is 1.45. The van der Waals surface area contributed by atoms with Gasteiger partial charge in [-0.2, -0.15) is 5.10 Å². The quantitative estimate of drug-likeness (QED) is 0.626. The first-order valence-electron chi connectivity index (χ1n) is 7.31. The second-order valence-electron chi connectivity index (χ2n) is 5.65. The highest BCUT2D eigenvalue weighted by Crippen LogP contribution is 2.25. The van der Waals surface area contributed by atoms with E-state index in [9.17, 15) is 4.79 Å². The second kappa shape index (κ2) is 6.89. The third kappa shape index (κ3) is 3.94. The standard InChI is InChI=1S/C18H19ClN2O2/c1-5-11-18(3,4)23-17(22)16-15(19)12-20-21(16)13(2)14-9-7-6-8-10-14/h6-10,12-13H,1-4H3/t13-/m1/s1. The molecular formula is C18H19ClN2O2. The molecule has 1 atom stereocenters. The molecule has 0 saturated carbocycles. The van der Waals surface area contributed by atoms with E-state index in [4.69, 9.17) is 16.3 Å². The summed E-state index contributed by atoms with van der Waals surface area (Å²) in [5.74, 6) is 5.06. The predicted molar refractivity (Wildman–Crippen MR) is 90.4 cm³/mol. The van der Waals surface area contributed by atoms with Gasteiger partial charge in [0.1, 0.15) is 0 Å². The van der Waals surface area contributed by atoms with Crippen LogP contribution in [0.2, 0.25) is 5.02 Å². The number of hydrogen-bond donors (Lipinski definition) is 0. The van der Waals surface area contributed by atoms with Gasteiger partial charge in [0.05, 0.1) is 17.3 Å². The Labute approximate surface area is 141 Å². The molecule has 0 fully saturated rings. The molecule has 5 heteroatoms. The SMILES string of the molecule is CC#CC(C)(C)OC(=O)c1c(Cl)cnn1[C@H](C)c1ccccc1. The molecule has 0 radical (unpaired) electrons. The van der Waals surface area contributed by atoms with E-state index in [2.05, 4.69) is 16.9 Å². The zero-order chi connectivity index (χ0) is 17.0. The van der Waals surface area contributed by atoms with Crippen molar-refractivity contribution in [2.75, 3.05) is 0 Å². The summed E-state index contributed by atoms with van der Waals surface area (Å²) in [4.78, 5) is 12.5. The van der Waals surface area contributed by atoms with Crippen molar-refractivity contribution >= 4 is 17.6 Å². The summed E-state index contributed by atoms with van der Waals surface area (Å²) < 4.78 is 7.05. The normalized spacial score (nSPS) is 12.2. The number of nitrogens with zero attached hydrogens (tertiary/aromatic N) is 2. The van der Waals surface area contributed by atoms with Gasteiger partial charge in [0.25, 0.3) is 0 Å². The molecule has 0 aliphatic rings. The molecule has 2 rings (SSSR count). The largest absolute Gasteiger partial charge is 0.442 e. The van der Waals surface area contributed by atoms with Gasteiger partial charge in [-0.3, -0.25) is 0 Å². The van der Waals surface area contributed by atoms with Crippen molar-refractivity contribution in [3.63, 3.8) is 0 Å². The summed E-state index contributed by atoms with van der Waals surface area (Å²) >= 11 is 6.16. The Morgan fingerprint density at radius 1 is 1.35 bits per heavy atom. The molecule has 120 valence electrons. The van der Waals surface area contributed by atoms with Crippen LogP contribution in [-0.4, -0.2) is 21.4 Å². The van der Waals surface area contributed by atoms with Gasteiger partial charge in [0.15, 0.2) is 11.3 Å². The van der Waals surface area contributed by atoms with Crippen LogP contribution in [0, 0.1) is 11.8 Å². The van der Waals surface area contributed by atoms with Gasteiger partial charge in [-0.25, -0.2) is 9.48 Å². The maximum atomic E-state index is 12.5. The van der Waals surface area contributed by atoms with Crippen LogP contribution in [0.15, 0.2) is 36.5 Å². The monoisotopic (exact) mass is 330 g/mol. The molecule has 0 aliphatic carbocycles. The van der Waals surface area contributed by atoms with Gasteiger partial charge in [0, 0.05) is 0 Å². The van der Waals surface area contributed by atoms with Crippen LogP contribution in [0.4, 0.5) is 0 Å². The molecule has 1 aromatic carbocycles. The lowest BCUT2D eigenvalue weighted by Gasteiger charge is -2.21. The van der Waals surface area contributed by atoms with Gasteiger partial charge in [-0.15, -0.1) is 5.92 Å². The molecule has 23 heavy (non-hydrogen) atoms. The van der Waals surface area contributed by atoms with Crippen molar-refractivity contribution in [1.29, 1.82) is 0 Å². The van der Waals surface area contributed by atoms with E-state index < -0.39 is 11.6 Å². The molecule has 0 amide bonds. The van der Waals surface area contributed by atoms with Crippen LogP contribution in [-0.2, 0) is 4.74 Å². The minimum absolute atomic E-state index is 0.147. The molecule has 0 unspecified atom stereocenters. The van der Waals surface area contributed by atoms with E-state index in [0.717, 1.165) is 5.56 Å². The Bertz CT molecular complexity index is 754. The van der Waals surface area contributed by atoms with Crippen molar-refractivity contribution in [1.82, 2.24) is 9.78 Å². The Kier molecular flexibility index (Phi) is 5.12. The van der Waals surface area contributed by atoms with E-state index in [-0.39, 0.29) is 16.8 Å². The molecule has 1 heterocycles. The molecule has 2 aromatic rings. The van der Waals surface area contributed by atoms with Gasteiger partial charge in [0.2, 0.25) is 0 Å². The van der Waals surface area contributed by atoms with Crippen LogP contribution >= 0.6 is 11.6 Å². The van der Waals surface area contributed by atoms with Crippen LogP contribution in [0.25, 0.3) is 0 Å². The average molecular weight is 331 g/mol. The number of aromatic nitrogens is 2. The Morgan fingerprint density at radius 2 is 2.00 bits per heavy atom. The Hall–Kier alpha value is -2.25. The highest BCUT2D eigenvalue weighted by Gasteiger charge is 2.28. The minimum Gasteiger partial charge on any atom is -0.442 e. The van der Waals surface area contributed by atoms with Gasteiger partial charge < -0.3 is 4.74 Å². The average Bonchev–Trinajstić information content (AvgIpc) is 2.88. The van der Waals surface area contributed by atoms with E-state index >= 15 is 0 Å². The van der Waals surface area contributed by atoms with Crippen molar-refractivity contribution in [3.8, 4) is 11.8 Å². The zero-order valence-electron chi connectivity index (χ0n) is 13.6. The lowest BCUT2D eigenvalue weighted by Crippen LogP contribution is -2.28. The van der Waals surface area contributed by atoms with E-state index in [1.54, 1.807) is 25.5 Å². The number of carbonyl (C=O) groups excluding carboxylic acids is 1. The highest BCUT2D eigenvalue weighted by atomic mass is 35.5. The number of ether oxygens (including phenoxy) is 1. The molecular weight excluding hydrogens is 312 g/mol. The highest BCUT2D eigenvalue weighted by molar-refractivity contribution is 6.33. The number of hydrogen-bond acceptors (Lipinski definition) is 3. The summed E-state index contributed by atoms with van der Waals surface area (Å²) in [6, 6.07) is 9.62. The van der Waals surface area contributed by atoms with Crippen LogP contribution < -0.4 is 0 Å². The van der Waals surface area contributed by atoms with E-state index in [0.29, 0.717) is 0 Å². The zero-order valence-corrected chi connectivity index (χ0v) is 14.4. The summed E-state index contributed by atoms with van der Waals surface area (Å²) in [6.45, 7) is 7.12. The molecule has 0 spiro atoms. The smallest absolute Gasteiger partial charge is 0.359 e. The van der Waals surface area contributed by atoms with Crippen LogP contribution in [0.3, 0.4) is 0 Å². The number of benzene rings is 1. The van der Waals surface area contributed by atoms with Crippen LogP contribution in [0.1, 0.15) is 49.8 Å². The van der Waals surface area contributed by atoms with Crippen LogP contribution in [0.5, 0.6) is 0 Å². The van der Waals surface area contributed by atoms with Crippen molar-refractivity contribution in [2.45, 2.75) is 39.3 Å². The Balaban J connectivity index is 2.35. The Morgan fingerprint density at radius 3 is 2.61 bits per heavy atom. The lowest BCUT2D eigenvalue weighted by molar-refractivity contribution is 0.0189. The number of esters is 1. The first-order chi connectivity index (χ1) is 10.9. The molecule has 1 aromatic heterocycles. The fraction of sp³-hybridized carbons (Fsp3) is 0.333.